The van der Waals surface area contributed by atoms with E-state index in [1.165, 1.54) is 24.3 Å². The molecule has 1 amide bonds. The molecular formula is C18H18FN3O3. The predicted molar refractivity (Wildman–Crippen MR) is 90.4 cm³/mol. The van der Waals surface area contributed by atoms with E-state index in [0.29, 0.717) is 12.1 Å². The first-order valence-corrected chi connectivity index (χ1v) is 8.02. The van der Waals surface area contributed by atoms with Gasteiger partial charge in [-0.2, -0.15) is 0 Å². The zero-order valence-electron chi connectivity index (χ0n) is 13.5. The molecule has 1 saturated heterocycles. The number of hydrogen-bond acceptors (Lipinski definition) is 4. The summed E-state index contributed by atoms with van der Waals surface area (Å²) in [6, 6.07) is 10.8. The summed E-state index contributed by atoms with van der Waals surface area (Å²) in [5.41, 5.74) is 6.74. The highest BCUT2D eigenvalue weighted by atomic mass is 19.1. The van der Waals surface area contributed by atoms with Crippen molar-refractivity contribution >= 4 is 11.6 Å². The zero-order chi connectivity index (χ0) is 18.0. The van der Waals surface area contributed by atoms with Crippen molar-refractivity contribution in [3.05, 3.63) is 75.1 Å². The lowest BCUT2D eigenvalue weighted by Gasteiger charge is -2.25. The third-order valence-corrected chi connectivity index (χ3v) is 4.56. The van der Waals surface area contributed by atoms with Crippen LogP contribution in [0.2, 0.25) is 0 Å². The van der Waals surface area contributed by atoms with Gasteiger partial charge in [0.2, 0.25) is 5.91 Å². The van der Waals surface area contributed by atoms with Crippen molar-refractivity contribution in [2.45, 2.75) is 25.4 Å². The Balaban J connectivity index is 1.86. The lowest BCUT2D eigenvalue weighted by atomic mass is 10.0. The molecule has 0 unspecified atom stereocenters. The molecule has 130 valence electrons. The number of rotatable bonds is 5. The minimum Gasteiger partial charge on any atom is -0.366 e. The number of carbonyl (C=O) groups is 1. The monoisotopic (exact) mass is 343 g/mol. The molecule has 2 aromatic carbocycles. The fraction of sp³-hybridized carbons (Fsp3) is 0.278. The minimum atomic E-state index is -0.694. The molecule has 0 radical (unpaired) electrons. The van der Waals surface area contributed by atoms with E-state index in [9.17, 15) is 19.3 Å². The van der Waals surface area contributed by atoms with Gasteiger partial charge >= 0.3 is 0 Å². The highest BCUT2D eigenvalue weighted by molar-refractivity contribution is 5.93. The van der Waals surface area contributed by atoms with E-state index in [4.69, 9.17) is 5.73 Å². The summed E-state index contributed by atoms with van der Waals surface area (Å²) in [6.45, 7) is 1.19. The summed E-state index contributed by atoms with van der Waals surface area (Å²) in [5.74, 6) is -0.981. The summed E-state index contributed by atoms with van der Waals surface area (Å²) in [6.07, 6.45) is 1.88. The van der Waals surface area contributed by atoms with Gasteiger partial charge in [0.15, 0.2) is 0 Å². The summed E-state index contributed by atoms with van der Waals surface area (Å²) >= 11 is 0. The van der Waals surface area contributed by atoms with Gasteiger partial charge in [0.05, 0.1) is 4.92 Å². The normalized spacial score (nSPS) is 17.6. The van der Waals surface area contributed by atoms with Gasteiger partial charge in [0.25, 0.3) is 5.69 Å². The number of halogens is 1. The number of primary amides is 1. The molecule has 0 aromatic heterocycles. The van der Waals surface area contributed by atoms with Crippen molar-refractivity contribution in [2.24, 2.45) is 5.73 Å². The molecule has 0 aliphatic carbocycles. The van der Waals surface area contributed by atoms with E-state index in [1.54, 1.807) is 18.2 Å². The van der Waals surface area contributed by atoms with Gasteiger partial charge in [-0.25, -0.2) is 4.39 Å². The van der Waals surface area contributed by atoms with Crippen molar-refractivity contribution in [3.63, 3.8) is 0 Å². The molecule has 0 spiro atoms. The molecule has 1 fully saturated rings. The Morgan fingerprint density at radius 3 is 2.64 bits per heavy atom. The predicted octanol–water partition coefficient (Wildman–Crippen LogP) is 3.17. The van der Waals surface area contributed by atoms with Crippen LogP contribution in [0.5, 0.6) is 0 Å². The highest BCUT2D eigenvalue weighted by Crippen LogP contribution is 2.34. The van der Waals surface area contributed by atoms with Crippen molar-refractivity contribution in [3.8, 4) is 0 Å². The van der Waals surface area contributed by atoms with Gasteiger partial charge in [-0.05, 0) is 43.1 Å². The van der Waals surface area contributed by atoms with Crippen LogP contribution in [0.25, 0.3) is 0 Å². The molecule has 2 aromatic rings. The van der Waals surface area contributed by atoms with E-state index in [0.717, 1.165) is 24.9 Å². The van der Waals surface area contributed by atoms with Crippen LogP contribution in [0.4, 0.5) is 10.1 Å². The third kappa shape index (κ3) is 3.66. The Kier molecular flexibility index (Phi) is 4.76. The van der Waals surface area contributed by atoms with Crippen LogP contribution in [0, 0.1) is 15.9 Å². The molecule has 1 atom stereocenters. The van der Waals surface area contributed by atoms with Crippen LogP contribution in [-0.4, -0.2) is 22.3 Å². The first-order valence-electron chi connectivity index (χ1n) is 8.02. The lowest BCUT2D eigenvalue weighted by molar-refractivity contribution is -0.385. The molecule has 2 N–H and O–H groups in total. The van der Waals surface area contributed by atoms with Gasteiger partial charge in [-0.3, -0.25) is 19.8 Å². The van der Waals surface area contributed by atoms with Crippen LogP contribution >= 0.6 is 0 Å². The SMILES string of the molecule is NC(=O)c1ccc(CN2CCC[C@H]2c2ccc(F)cc2)c([N+](=O)[O-])c1. The lowest BCUT2D eigenvalue weighted by Crippen LogP contribution is -2.23. The number of benzene rings is 2. The average molecular weight is 343 g/mol. The second-order valence-corrected chi connectivity index (χ2v) is 6.14. The highest BCUT2D eigenvalue weighted by Gasteiger charge is 2.28. The fourth-order valence-corrected chi connectivity index (χ4v) is 3.32. The molecule has 7 heteroatoms. The van der Waals surface area contributed by atoms with Crippen LogP contribution in [0.3, 0.4) is 0 Å². The Hall–Kier alpha value is -2.80. The molecular weight excluding hydrogens is 325 g/mol. The molecule has 6 nitrogen and oxygen atoms in total. The van der Waals surface area contributed by atoms with Crippen molar-refractivity contribution in [1.29, 1.82) is 0 Å². The smallest absolute Gasteiger partial charge is 0.274 e. The van der Waals surface area contributed by atoms with Crippen molar-refractivity contribution in [2.75, 3.05) is 6.54 Å². The minimum absolute atomic E-state index is 0.0935. The summed E-state index contributed by atoms with van der Waals surface area (Å²) in [5, 5.41) is 11.4. The molecule has 1 heterocycles. The molecule has 0 saturated carbocycles. The number of amides is 1. The van der Waals surface area contributed by atoms with Crippen LogP contribution in [0.15, 0.2) is 42.5 Å². The Bertz CT molecular complexity index is 808. The standard InChI is InChI=1S/C18H18FN3O3/c19-15-7-5-12(6-8-15)16-2-1-9-21(16)11-14-4-3-13(18(20)23)10-17(14)22(24)25/h3-8,10,16H,1-2,9,11H2,(H2,20,23)/t16-/m0/s1. The molecule has 1 aliphatic heterocycles. The second kappa shape index (κ2) is 6.98. The Morgan fingerprint density at radius 2 is 2.00 bits per heavy atom. The van der Waals surface area contributed by atoms with Gasteiger partial charge in [0, 0.05) is 29.8 Å². The number of likely N-dealkylation sites (tertiary alicyclic amines) is 1. The maximum Gasteiger partial charge on any atom is 0.274 e. The van der Waals surface area contributed by atoms with E-state index >= 15 is 0 Å². The van der Waals surface area contributed by atoms with Crippen LogP contribution in [0.1, 0.15) is 40.4 Å². The maximum atomic E-state index is 13.1. The van der Waals surface area contributed by atoms with Crippen molar-refractivity contribution < 1.29 is 14.1 Å². The number of nitrogens with two attached hydrogens (primary N) is 1. The maximum absolute atomic E-state index is 13.1. The van der Waals surface area contributed by atoms with E-state index in [1.807, 2.05) is 0 Å². The fourth-order valence-electron chi connectivity index (χ4n) is 3.32. The average Bonchev–Trinajstić information content (AvgIpc) is 3.03. The van der Waals surface area contributed by atoms with E-state index < -0.39 is 10.8 Å². The first-order chi connectivity index (χ1) is 12.0. The van der Waals surface area contributed by atoms with E-state index in [2.05, 4.69) is 4.90 Å². The molecule has 0 bridgehead atoms. The molecule has 1 aliphatic rings. The summed E-state index contributed by atoms with van der Waals surface area (Å²) < 4.78 is 13.1. The van der Waals surface area contributed by atoms with Gasteiger partial charge in [0.1, 0.15) is 5.82 Å². The third-order valence-electron chi connectivity index (χ3n) is 4.56. The van der Waals surface area contributed by atoms with Crippen LogP contribution < -0.4 is 5.73 Å². The largest absolute Gasteiger partial charge is 0.366 e. The van der Waals surface area contributed by atoms with Gasteiger partial charge < -0.3 is 5.73 Å². The second-order valence-electron chi connectivity index (χ2n) is 6.14. The number of carbonyl (C=O) groups excluding carboxylic acids is 1. The Morgan fingerprint density at radius 1 is 1.28 bits per heavy atom. The first kappa shape index (κ1) is 17.0. The molecule has 25 heavy (non-hydrogen) atoms. The van der Waals surface area contributed by atoms with Gasteiger partial charge in [-0.1, -0.05) is 18.2 Å². The number of hydrogen-bond donors (Lipinski definition) is 1. The number of nitro groups is 1. The number of nitrogens with zero attached hydrogens (tertiary/aromatic N) is 2. The zero-order valence-corrected chi connectivity index (χ0v) is 13.5. The van der Waals surface area contributed by atoms with E-state index in [-0.39, 0.29) is 23.1 Å². The Labute approximate surface area is 144 Å². The quantitative estimate of drug-likeness (QED) is 0.667. The van der Waals surface area contributed by atoms with Crippen LogP contribution in [-0.2, 0) is 6.54 Å². The molecule has 3 rings (SSSR count). The number of nitro benzene ring substituents is 1. The summed E-state index contributed by atoms with van der Waals surface area (Å²) in [7, 11) is 0. The summed E-state index contributed by atoms with van der Waals surface area (Å²) in [4.78, 5) is 24.3. The topological polar surface area (TPSA) is 89.5 Å². The van der Waals surface area contributed by atoms with Gasteiger partial charge in [-0.15, -0.1) is 0 Å². The van der Waals surface area contributed by atoms with Crippen molar-refractivity contribution in [1.82, 2.24) is 4.90 Å².